The van der Waals surface area contributed by atoms with Gasteiger partial charge in [-0.25, -0.2) is 9.97 Å². The predicted octanol–water partition coefficient (Wildman–Crippen LogP) is 4.83. The Hall–Kier alpha value is -2.09. The first-order valence-electron chi connectivity index (χ1n) is 12.3. The van der Waals surface area contributed by atoms with Crippen LogP contribution in [-0.2, 0) is 9.47 Å². The van der Waals surface area contributed by atoms with Gasteiger partial charge in [-0.2, -0.15) is 0 Å². The van der Waals surface area contributed by atoms with Crippen LogP contribution in [0.5, 0.6) is 0 Å². The average molecular weight is 472 g/mol. The van der Waals surface area contributed by atoms with Crippen molar-refractivity contribution in [2.45, 2.75) is 44.6 Å². The number of morpholine rings is 1. The van der Waals surface area contributed by atoms with E-state index in [9.17, 15) is 0 Å². The molecule has 1 aliphatic carbocycles. The zero-order valence-corrected chi connectivity index (χ0v) is 19.9. The molecule has 2 saturated heterocycles. The van der Waals surface area contributed by atoms with Crippen LogP contribution < -0.4 is 15.5 Å². The van der Waals surface area contributed by atoms with Gasteiger partial charge in [-0.1, -0.05) is 24.4 Å². The van der Waals surface area contributed by atoms with Crippen molar-refractivity contribution in [1.29, 1.82) is 0 Å². The van der Waals surface area contributed by atoms with Gasteiger partial charge in [-0.3, -0.25) is 0 Å². The second-order valence-corrected chi connectivity index (χ2v) is 9.71. The summed E-state index contributed by atoms with van der Waals surface area (Å²) in [6.07, 6.45) is 10.9. The van der Waals surface area contributed by atoms with E-state index in [1.165, 1.54) is 25.7 Å². The topological polar surface area (TPSA) is 71.5 Å². The fourth-order valence-electron chi connectivity index (χ4n) is 4.99. The summed E-state index contributed by atoms with van der Waals surface area (Å²) in [5, 5.41) is 7.93. The van der Waals surface area contributed by atoms with E-state index in [4.69, 9.17) is 26.1 Å². The molecule has 3 fully saturated rings. The van der Waals surface area contributed by atoms with E-state index in [0.717, 1.165) is 87.4 Å². The molecule has 1 saturated carbocycles. The molecule has 0 unspecified atom stereocenters. The Morgan fingerprint density at radius 3 is 2.48 bits per heavy atom. The molecule has 5 rings (SSSR count). The number of nitrogens with zero attached hydrogens (tertiary/aromatic N) is 3. The fourth-order valence-corrected chi connectivity index (χ4v) is 5.20. The van der Waals surface area contributed by atoms with Crippen molar-refractivity contribution in [2.24, 2.45) is 5.92 Å². The molecule has 4 heterocycles. The Kier molecular flexibility index (Phi) is 7.49. The molecule has 8 heteroatoms. The molecule has 0 aromatic carbocycles. The SMILES string of the molecule is Clc1cnc(NC2CCCC2)cc1-c1cnc(N2CCOCC2)c(NCC2CCOCC2)c1. The van der Waals surface area contributed by atoms with Gasteiger partial charge in [-0.05, 0) is 43.7 Å². The van der Waals surface area contributed by atoms with Gasteiger partial charge in [0, 0.05) is 62.4 Å². The van der Waals surface area contributed by atoms with Gasteiger partial charge < -0.3 is 25.0 Å². The zero-order valence-electron chi connectivity index (χ0n) is 19.2. The molecule has 2 aromatic rings. The number of halogens is 1. The fraction of sp³-hybridized carbons (Fsp3) is 0.600. The van der Waals surface area contributed by atoms with E-state index in [1.54, 1.807) is 6.20 Å². The second kappa shape index (κ2) is 10.9. The third kappa shape index (κ3) is 5.70. The lowest BCUT2D eigenvalue weighted by Gasteiger charge is -2.30. The summed E-state index contributed by atoms with van der Waals surface area (Å²) in [6.45, 7) is 5.79. The van der Waals surface area contributed by atoms with E-state index >= 15 is 0 Å². The number of rotatable bonds is 7. The zero-order chi connectivity index (χ0) is 22.5. The third-order valence-corrected chi connectivity index (χ3v) is 7.27. The molecule has 7 nitrogen and oxygen atoms in total. The predicted molar refractivity (Wildman–Crippen MR) is 133 cm³/mol. The van der Waals surface area contributed by atoms with Crippen LogP contribution in [0.3, 0.4) is 0 Å². The molecule has 3 aliphatic rings. The third-order valence-electron chi connectivity index (χ3n) is 6.97. The Morgan fingerprint density at radius 2 is 1.70 bits per heavy atom. The highest BCUT2D eigenvalue weighted by Crippen LogP contribution is 2.35. The Bertz CT molecular complexity index is 925. The summed E-state index contributed by atoms with van der Waals surface area (Å²) >= 11 is 6.61. The van der Waals surface area contributed by atoms with Gasteiger partial charge in [0.05, 0.1) is 23.9 Å². The Labute approximate surface area is 201 Å². The van der Waals surface area contributed by atoms with Crippen LogP contribution >= 0.6 is 11.6 Å². The standard InChI is InChI=1S/C25H34ClN5O2/c26-22-17-28-24(30-20-3-1-2-4-20)14-21(22)19-13-23(27-15-18-5-9-32-10-6-18)25(29-16-19)31-7-11-33-12-8-31/h13-14,16-18,20,27H,1-12,15H2,(H,28,30). The maximum Gasteiger partial charge on any atom is 0.152 e. The Morgan fingerprint density at radius 1 is 0.939 bits per heavy atom. The number of ether oxygens (including phenoxy) is 2. The first-order valence-corrected chi connectivity index (χ1v) is 12.7. The first-order chi connectivity index (χ1) is 16.3. The molecule has 0 atom stereocenters. The van der Waals surface area contributed by atoms with Gasteiger partial charge in [-0.15, -0.1) is 0 Å². The van der Waals surface area contributed by atoms with Crippen molar-refractivity contribution >= 4 is 28.9 Å². The lowest BCUT2D eigenvalue weighted by Crippen LogP contribution is -2.37. The number of hydrogen-bond acceptors (Lipinski definition) is 7. The molecule has 2 aromatic heterocycles. The number of nitrogens with one attached hydrogen (secondary N) is 2. The van der Waals surface area contributed by atoms with Gasteiger partial charge >= 0.3 is 0 Å². The van der Waals surface area contributed by atoms with Crippen LogP contribution in [0.15, 0.2) is 24.5 Å². The van der Waals surface area contributed by atoms with Crippen molar-refractivity contribution in [2.75, 3.05) is 61.6 Å². The normalized spacial score (nSPS) is 20.2. The van der Waals surface area contributed by atoms with E-state index in [-0.39, 0.29) is 0 Å². The van der Waals surface area contributed by atoms with Crippen LogP contribution in [0, 0.1) is 5.92 Å². The summed E-state index contributed by atoms with van der Waals surface area (Å²) in [4.78, 5) is 11.7. The molecule has 0 radical (unpaired) electrons. The minimum absolute atomic E-state index is 0.505. The highest BCUT2D eigenvalue weighted by Gasteiger charge is 2.21. The molecular formula is C25H34ClN5O2. The molecule has 2 N–H and O–H groups in total. The average Bonchev–Trinajstić information content (AvgIpc) is 3.38. The largest absolute Gasteiger partial charge is 0.382 e. The number of aromatic nitrogens is 2. The maximum atomic E-state index is 6.61. The van der Waals surface area contributed by atoms with Crippen LogP contribution in [-0.4, -0.2) is 62.1 Å². The van der Waals surface area contributed by atoms with E-state index in [1.807, 2.05) is 6.20 Å². The lowest BCUT2D eigenvalue weighted by molar-refractivity contribution is 0.0699. The molecule has 2 aliphatic heterocycles. The highest BCUT2D eigenvalue weighted by molar-refractivity contribution is 6.33. The van der Waals surface area contributed by atoms with Crippen molar-refractivity contribution in [3.05, 3.63) is 29.5 Å². The van der Waals surface area contributed by atoms with E-state index in [2.05, 4.69) is 32.7 Å². The minimum Gasteiger partial charge on any atom is -0.382 e. The van der Waals surface area contributed by atoms with E-state index < -0.39 is 0 Å². The molecule has 0 bridgehead atoms. The maximum absolute atomic E-state index is 6.61. The second-order valence-electron chi connectivity index (χ2n) is 9.31. The number of hydrogen-bond donors (Lipinski definition) is 2. The molecule has 0 amide bonds. The van der Waals surface area contributed by atoms with Crippen molar-refractivity contribution in [3.8, 4) is 11.1 Å². The summed E-state index contributed by atoms with van der Waals surface area (Å²) in [5.74, 6) is 2.49. The van der Waals surface area contributed by atoms with Crippen molar-refractivity contribution in [1.82, 2.24) is 9.97 Å². The van der Waals surface area contributed by atoms with Crippen LogP contribution in [0.25, 0.3) is 11.1 Å². The Balaban J connectivity index is 1.41. The smallest absolute Gasteiger partial charge is 0.152 e. The summed E-state index contributed by atoms with van der Waals surface area (Å²) in [7, 11) is 0. The summed E-state index contributed by atoms with van der Waals surface area (Å²) in [6, 6.07) is 4.76. The summed E-state index contributed by atoms with van der Waals surface area (Å²) < 4.78 is 11.1. The monoisotopic (exact) mass is 471 g/mol. The highest BCUT2D eigenvalue weighted by atomic mass is 35.5. The molecule has 33 heavy (non-hydrogen) atoms. The minimum atomic E-state index is 0.505. The van der Waals surface area contributed by atoms with Gasteiger partial charge in [0.25, 0.3) is 0 Å². The van der Waals surface area contributed by atoms with Gasteiger partial charge in [0.15, 0.2) is 5.82 Å². The van der Waals surface area contributed by atoms with Crippen LogP contribution in [0.1, 0.15) is 38.5 Å². The lowest BCUT2D eigenvalue weighted by atomic mass is 10.0. The van der Waals surface area contributed by atoms with Gasteiger partial charge in [0.2, 0.25) is 0 Å². The molecule has 178 valence electrons. The number of pyridine rings is 2. The summed E-state index contributed by atoms with van der Waals surface area (Å²) in [5.41, 5.74) is 3.02. The van der Waals surface area contributed by atoms with Gasteiger partial charge in [0.1, 0.15) is 5.82 Å². The van der Waals surface area contributed by atoms with Crippen molar-refractivity contribution in [3.63, 3.8) is 0 Å². The van der Waals surface area contributed by atoms with Crippen LogP contribution in [0.4, 0.5) is 17.3 Å². The quantitative estimate of drug-likeness (QED) is 0.599. The van der Waals surface area contributed by atoms with E-state index in [0.29, 0.717) is 17.0 Å². The number of anilines is 3. The van der Waals surface area contributed by atoms with Crippen LogP contribution in [0.2, 0.25) is 5.02 Å². The first kappa shape index (κ1) is 22.7. The molecular weight excluding hydrogens is 438 g/mol. The van der Waals surface area contributed by atoms with Crippen molar-refractivity contribution < 1.29 is 9.47 Å². The molecule has 0 spiro atoms.